The Labute approximate surface area is 254 Å². The van der Waals surface area contributed by atoms with Crippen LogP contribution in [0.1, 0.15) is 63.8 Å². The molecule has 9 nitrogen and oxygen atoms in total. The molecule has 0 aromatic heterocycles. The Kier molecular flexibility index (Phi) is 11.2. The lowest BCUT2D eigenvalue weighted by Gasteiger charge is -2.38. The van der Waals surface area contributed by atoms with E-state index < -0.39 is 35.6 Å². The first-order valence-electron chi connectivity index (χ1n) is 14.4. The highest BCUT2D eigenvalue weighted by atomic mass is 16.6. The molecule has 43 heavy (non-hydrogen) atoms. The van der Waals surface area contributed by atoms with Crippen LogP contribution in [0.4, 0.5) is 10.5 Å². The minimum atomic E-state index is -1.06. The van der Waals surface area contributed by atoms with Crippen LogP contribution in [0.2, 0.25) is 0 Å². The highest BCUT2D eigenvalue weighted by molar-refractivity contribution is 5.99. The van der Waals surface area contributed by atoms with Crippen molar-refractivity contribution in [1.29, 1.82) is 0 Å². The number of alkyl carbamates (subject to hydrolysis) is 1. The number of anilines is 1. The van der Waals surface area contributed by atoms with E-state index >= 15 is 0 Å². The van der Waals surface area contributed by atoms with E-state index in [0.717, 1.165) is 5.56 Å². The molecule has 0 aliphatic heterocycles. The first kappa shape index (κ1) is 33.0. The molecule has 3 atom stereocenters. The summed E-state index contributed by atoms with van der Waals surface area (Å²) in [6.45, 7) is 11.0. The lowest BCUT2D eigenvalue weighted by Crippen LogP contribution is -2.55. The van der Waals surface area contributed by atoms with Crippen molar-refractivity contribution in [2.45, 2.75) is 78.1 Å². The number of aryl methyl sites for hydroxylation is 1. The maximum Gasteiger partial charge on any atom is 0.408 e. The number of carbonyl (C=O) groups excluding carboxylic acids is 3. The second-order valence-corrected chi connectivity index (χ2v) is 11.6. The molecule has 3 unspecified atom stereocenters. The highest BCUT2D eigenvalue weighted by Crippen LogP contribution is 2.29. The van der Waals surface area contributed by atoms with Crippen molar-refractivity contribution in [2.24, 2.45) is 0 Å². The van der Waals surface area contributed by atoms with E-state index in [-0.39, 0.29) is 18.2 Å². The maximum absolute atomic E-state index is 14.5. The molecule has 3 aromatic rings. The van der Waals surface area contributed by atoms with Crippen molar-refractivity contribution in [3.8, 4) is 11.5 Å². The first-order valence-corrected chi connectivity index (χ1v) is 14.4. The number of hydrogen-bond acceptors (Lipinski definition) is 6. The zero-order valence-electron chi connectivity index (χ0n) is 26.0. The Morgan fingerprint density at radius 1 is 0.930 bits per heavy atom. The summed E-state index contributed by atoms with van der Waals surface area (Å²) in [5.41, 5.74) is 2.12. The predicted molar refractivity (Wildman–Crippen MR) is 167 cm³/mol. The number of nitrogens with one attached hydrogen (secondary N) is 2. The summed E-state index contributed by atoms with van der Waals surface area (Å²) >= 11 is 0. The van der Waals surface area contributed by atoms with Gasteiger partial charge in [-0.25, -0.2) is 4.79 Å². The zero-order chi connectivity index (χ0) is 31.7. The van der Waals surface area contributed by atoms with Crippen molar-refractivity contribution >= 4 is 23.6 Å². The lowest BCUT2D eigenvalue weighted by molar-refractivity contribution is -0.143. The third-order valence-electron chi connectivity index (χ3n) is 6.96. The van der Waals surface area contributed by atoms with Gasteiger partial charge in [-0.05, 0) is 88.6 Å². The molecule has 3 N–H and O–H groups in total. The van der Waals surface area contributed by atoms with Gasteiger partial charge >= 0.3 is 6.09 Å². The third-order valence-corrected chi connectivity index (χ3v) is 6.96. The van der Waals surface area contributed by atoms with Gasteiger partial charge in [0.2, 0.25) is 5.91 Å². The summed E-state index contributed by atoms with van der Waals surface area (Å²) in [5, 5.41) is 15.5. The number of benzene rings is 3. The molecule has 0 fully saturated rings. The van der Waals surface area contributed by atoms with Crippen molar-refractivity contribution in [3.63, 3.8) is 0 Å². The lowest BCUT2D eigenvalue weighted by atomic mass is 9.97. The molecule has 0 saturated heterocycles. The number of carbonyl (C=O) groups is 3. The van der Waals surface area contributed by atoms with E-state index in [4.69, 9.17) is 9.47 Å². The van der Waals surface area contributed by atoms with E-state index in [2.05, 4.69) is 10.6 Å². The number of rotatable bonds is 11. The fourth-order valence-electron chi connectivity index (χ4n) is 4.57. The number of methoxy groups -OCH3 is 1. The second-order valence-electron chi connectivity index (χ2n) is 11.6. The summed E-state index contributed by atoms with van der Waals surface area (Å²) in [7, 11) is 1.57. The zero-order valence-corrected chi connectivity index (χ0v) is 26.0. The van der Waals surface area contributed by atoms with Gasteiger partial charge in [-0.2, -0.15) is 0 Å². The molecule has 0 radical (unpaired) electrons. The first-order chi connectivity index (χ1) is 20.3. The van der Waals surface area contributed by atoms with E-state index in [9.17, 15) is 19.5 Å². The Bertz CT molecular complexity index is 1370. The van der Waals surface area contributed by atoms with Crippen LogP contribution < -0.4 is 15.4 Å². The van der Waals surface area contributed by atoms with Crippen molar-refractivity contribution < 1.29 is 29.0 Å². The monoisotopic (exact) mass is 589 g/mol. The minimum absolute atomic E-state index is 0.0857. The number of phenols is 1. The summed E-state index contributed by atoms with van der Waals surface area (Å²) in [6, 6.07) is 18.4. The Balaban J connectivity index is 2.07. The average Bonchev–Trinajstić information content (AvgIpc) is 2.96. The van der Waals surface area contributed by atoms with E-state index in [1.807, 2.05) is 45.0 Å². The Hall–Kier alpha value is -4.53. The topological polar surface area (TPSA) is 117 Å². The second kappa shape index (κ2) is 14.6. The molecule has 230 valence electrons. The molecular weight excluding hydrogens is 546 g/mol. The van der Waals surface area contributed by atoms with E-state index in [0.29, 0.717) is 29.0 Å². The highest BCUT2D eigenvalue weighted by Gasteiger charge is 2.38. The van der Waals surface area contributed by atoms with Crippen LogP contribution in [0.5, 0.6) is 11.5 Å². The van der Waals surface area contributed by atoms with Crippen LogP contribution in [-0.2, 0) is 20.7 Å². The molecule has 0 spiro atoms. The summed E-state index contributed by atoms with van der Waals surface area (Å²) < 4.78 is 10.7. The van der Waals surface area contributed by atoms with E-state index in [1.54, 1.807) is 69.2 Å². The molecule has 0 aliphatic carbocycles. The molecule has 9 heteroatoms. The van der Waals surface area contributed by atoms with Gasteiger partial charge in [-0.3, -0.25) is 9.59 Å². The van der Waals surface area contributed by atoms with Crippen LogP contribution in [0.15, 0.2) is 72.8 Å². The summed E-state index contributed by atoms with van der Waals surface area (Å²) in [4.78, 5) is 43.1. The fraction of sp³-hybridized carbons (Fsp3) is 0.382. The van der Waals surface area contributed by atoms with Crippen LogP contribution in [-0.4, -0.2) is 52.7 Å². The van der Waals surface area contributed by atoms with Crippen molar-refractivity contribution in [3.05, 3.63) is 89.5 Å². The number of hydrogen-bond donors (Lipinski definition) is 3. The average molecular weight is 590 g/mol. The normalized spacial score (nSPS) is 13.3. The van der Waals surface area contributed by atoms with Gasteiger partial charge in [0.25, 0.3) is 5.91 Å². The largest absolute Gasteiger partial charge is 0.508 e. The van der Waals surface area contributed by atoms with Gasteiger partial charge in [0.15, 0.2) is 0 Å². The standard InChI is InChI=1S/C34H43N3O6/c1-8-23(3)37(32(40)29(36-33(41)43-34(4,5)6)21-24-11-17-27(38)18-12-24)30(25-13-9-22(2)10-14-25)31(39)35-26-15-19-28(42-7)20-16-26/h9-20,23,29-30,38H,8,21H2,1-7H3,(H,35,39)(H,36,41). The number of nitrogens with zero attached hydrogens (tertiary/aromatic N) is 1. The molecule has 3 amide bonds. The van der Waals surface area contributed by atoms with Gasteiger partial charge in [0, 0.05) is 18.2 Å². The molecule has 0 aliphatic rings. The Morgan fingerprint density at radius 2 is 1.53 bits per heavy atom. The maximum atomic E-state index is 14.5. The smallest absolute Gasteiger partial charge is 0.408 e. The molecule has 0 saturated carbocycles. The van der Waals surface area contributed by atoms with Crippen LogP contribution in [0.3, 0.4) is 0 Å². The van der Waals surface area contributed by atoms with Gasteiger partial charge in [-0.15, -0.1) is 0 Å². The number of amides is 3. The number of ether oxygens (including phenoxy) is 2. The molecular formula is C34H43N3O6. The minimum Gasteiger partial charge on any atom is -0.508 e. The predicted octanol–water partition coefficient (Wildman–Crippen LogP) is 6.15. The third kappa shape index (κ3) is 9.49. The number of aromatic hydroxyl groups is 1. The van der Waals surface area contributed by atoms with Crippen molar-refractivity contribution in [1.82, 2.24) is 10.2 Å². The van der Waals surface area contributed by atoms with Gasteiger partial charge in [0.1, 0.15) is 29.2 Å². The SMILES string of the molecule is CCC(C)N(C(=O)C(Cc1ccc(O)cc1)NC(=O)OC(C)(C)C)C(C(=O)Nc1ccc(OC)cc1)c1ccc(C)cc1. The Morgan fingerprint density at radius 3 is 2.07 bits per heavy atom. The summed E-state index contributed by atoms with van der Waals surface area (Å²) in [6.07, 6.45) is -0.0721. The van der Waals surface area contributed by atoms with Gasteiger partial charge < -0.3 is 30.1 Å². The van der Waals surface area contributed by atoms with Crippen LogP contribution in [0, 0.1) is 6.92 Å². The van der Waals surface area contributed by atoms with Crippen LogP contribution in [0.25, 0.3) is 0 Å². The molecule has 3 rings (SSSR count). The molecule has 0 heterocycles. The van der Waals surface area contributed by atoms with Crippen LogP contribution >= 0.6 is 0 Å². The van der Waals surface area contributed by atoms with E-state index in [1.165, 1.54) is 12.1 Å². The number of phenolic OH excluding ortho intramolecular Hbond substituents is 1. The molecule has 3 aromatic carbocycles. The quantitative estimate of drug-likeness (QED) is 0.247. The van der Waals surface area contributed by atoms with Gasteiger partial charge in [-0.1, -0.05) is 48.9 Å². The molecule has 0 bridgehead atoms. The fourth-order valence-corrected chi connectivity index (χ4v) is 4.57. The summed E-state index contributed by atoms with van der Waals surface area (Å²) in [5.74, 6) is -0.107. The van der Waals surface area contributed by atoms with Crippen molar-refractivity contribution in [2.75, 3.05) is 12.4 Å². The van der Waals surface area contributed by atoms with Gasteiger partial charge in [0.05, 0.1) is 7.11 Å².